The number of pyridine rings is 1. The maximum absolute atomic E-state index is 11.3. The molecule has 1 amide bonds. The molecule has 20 heavy (non-hydrogen) atoms. The molecule has 0 radical (unpaired) electrons. The van der Waals surface area contributed by atoms with Crippen LogP contribution in [0.5, 0.6) is 0 Å². The molecule has 102 valence electrons. The highest BCUT2D eigenvalue weighted by molar-refractivity contribution is 7.16. The van der Waals surface area contributed by atoms with Crippen molar-refractivity contribution in [2.45, 2.75) is 6.54 Å². The summed E-state index contributed by atoms with van der Waals surface area (Å²) in [7, 11) is 0. The number of nitrogens with zero attached hydrogens (tertiary/aromatic N) is 2. The van der Waals surface area contributed by atoms with E-state index in [1.54, 1.807) is 17.7 Å². The smallest absolute Gasteiger partial charge is 0.293 e. The molecule has 0 fully saturated rings. The Morgan fingerprint density at radius 3 is 3.00 bits per heavy atom. The van der Waals surface area contributed by atoms with E-state index in [0.717, 1.165) is 20.1 Å². The summed E-state index contributed by atoms with van der Waals surface area (Å²) in [5.74, 6) is -0.621. The van der Waals surface area contributed by atoms with Crippen LogP contribution in [0.1, 0.15) is 15.4 Å². The first-order chi connectivity index (χ1) is 9.67. The second-order valence-corrected chi connectivity index (χ2v) is 6.02. The molecule has 3 rings (SSSR count). The lowest BCUT2D eigenvalue weighted by Crippen LogP contribution is -2.19. The Hall–Kier alpha value is -1.89. The second kappa shape index (κ2) is 5.24. The third-order valence-electron chi connectivity index (χ3n) is 2.95. The average molecular weight is 308 g/mol. The molecule has 2 N–H and O–H groups in total. The fraction of sp³-hybridized carbons (Fsp3) is 0.0769. The number of thiophene rings is 1. The third-order valence-corrected chi connectivity index (χ3v) is 4.16. The topological polar surface area (TPSA) is 67.2 Å². The summed E-state index contributed by atoms with van der Waals surface area (Å²) in [5.41, 5.74) is 2.67. The predicted molar refractivity (Wildman–Crippen MR) is 77.4 cm³/mol. The maximum Gasteiger partial charge on any atom is 0.293 e. The Balaban J connectivity index is 1.95. The number of carbonyl (C=O) groups is 1. The molecule has 3 aromatic heterocycles. The summed E-state index contributed by atoms with van der Waals surface area (Å²) < 4.78 is 2.79. The van der Waals surface area contributed by atoms with E-state index in [-0.39, 0.29) is 5.69 Å². The van der Waals surface area contributed by atoms with Gasteiger partial charge in [-0.1, -0.05) is 11.6 Å². The monoisotopic (exact) mass is 307 g/mol. The number of halogens is 1. The number of fused-ring (bicyclic) bond motifs is 1. The van der Waals surface area contributed by atoms with E-state index in [2.05, 4.69) is 4.98 Å². The molecule has 7 heteroatoms. The van der Waals surface area contributed by atoms with Gasteiger partial charge in [-0.25, -0.2) is 10.5 Å². The first-order valence-electron chi connectivity index (χ1n) is 5.81. The number of hydrogen-bond acceptors (Lipinski definition) is 4. The molecule has 5 nitrogen and oxygen atoms in total. The minimum Gasteiger partial charge on any atom is -0.341 e. The van der Waals surface area contributed by atoms with Gasteiger partial charge in [-0.2, -0.15) is 0 Å². The van der Waals surface area contributed by atoms with Crippen molar-refractivity contribution >= 4 is 39.7 Å². The number of rotatable bonds is 3. The highest BCUT2D eigenvalue weighted by Gasteiger charge is 2.09. The summed E-state index contributed by atoms with van der Waals surface area (Å²) in [6, 6.07) is 7.40. The Bertz CT molecular complexity index is 781. The molecule has 0 spiro atoms. The molecule has 3 aromatic rings. The standard InChI is InChI=1S/C13H10ClN3O2S/c14-12-2-1-9(20-12)7-17-4-3-8-5-10(13(18)16-19)15-6-11(8)17/h1-6,19H,7H2,(H,16,18). The highest BCUT2D eigenvalue weighted by atomic mass is 35.5. The summed E-state index contributed by atoms with van der Waals surface area (Å²) in [6.07, 6.45) is 3.55. The summed E-state index contributed by atoms with van der Waals surface area (Å²) in [5, 5.41) is 9.50. The van der Waals surface area contributed by atoms with E-state index in [4.69, 9.17) is 16.8 Å². The molecular weight excluding hydrogens is 298 g/mol. The zero-order valence-electron chi connectivity index (χ0n) is 10.2. The molecule has 0 aliphatic rings. The van der Waals surface area contributed by atoms with Crippen molar-refractivity contribution in [3.8, 4) is 0 Å². The largest absolute Gasteiger partial charge is 0.341 e. The van der Waals surface area contributed by atoms with Gasteiger partial charge < -0.3 is 4.57 Å². The van der Waals surface area contributed by atoms with Gasteiger partial charge in [0.25, 0.3) is 5.91 Å². The van der Waals surface area contributed by atoms with E-state index in [1.807, 2.05) is 29.0 Å². The Morgan fingerprint density at radius 2 is 2.30 bits per heavy atom. The van der Waals surface area contributed by atoms with Crippen LogP contribution in [0.3, 0.4) is 0 Å². The zero-order valence-corrected chi connectivity index (χ0v) is 11.8. The minimum absolute atomic E-state index is 0.178. The highest BCUT2D eigenvalue weighted by Crippen LogP contribution is 2.24. The molecule has 0 saturated heterocycles. The van der Waals surface area contributed by atoms with Gasteiger partial charge in [-0.15, -0.1) is 11.3 Å². The minimum atomic E-state index is -0.621. The van der Waals surface area contributed by atoms with Crippen LogP contribution in [0.2, 0.25) is 4.34 Å². The number of hydroxylamine groups is 1. The van der Waals surface area contributed by atoms with Crippen LogP contribution in [0.15, 0.2) is 36.7 Å². The molecular formula is C13H10ClN3O2S. The van der Waals surface area contributed by atoms with Gasteiger partial charge in [0.15, 0.2) is 0 Å². The first-order valence-corrected chi connectivity index (χ1v) is 7.00. The average Bonchev–Trinajstić information content (AvgIpc) is 3.05. The van der Waals surface area contributed by atoms with Crippen LogP contribution in [0, 0.1) is 0 Å². The van der Waals surface area contributed by atoms with E-state index < -0.39 is 5.91 Å². The van der Waals surface area contributed by atoms with Gasteiger partial charge in [0.1, 0.15) is 5.69 Å². The quantitative estimate of drug-likeness (QED) is 0.577. The molecule has 0 unspecified atom stereocenters. The first kappa shape index (κ1) is 13.1. The van der Waals surface area contributed by atoms with Crippen LogP contribution >= 0.6 is 22.9 Å². The SMILES string of the molecule is O=C(NO)c1cc2ccn(Cc3ccc(Cl)s3)c2cn1. The normalized spacial score (nSPS) is 10.9. The lowest BCUT2D eigenvalue weighted by molar-refractivity contribution is 0.0701. The van der Waals surface area contributed by atoms with Crippen molar-refractivity contribution in [1.82, 2.24) is 15.0 Å². The fourth-order valence-corrected chi connectivity index (χ4v) is 3.10. The molecule has 0 atom stereocenters. The van der Waals surface area contributed by atoms with Gasteiger partial charge >= 0.3 is 0 Å². The Labute approximate surface area is 123 Å². The van der Waals surface area contributed by atoms with Gasteiger partial charge in [0.05, 0.1) is 22.6 Å². The van der Waals surface area contributed by atoms with Gasteiger partial charge in [0.2, 0.25) is 0 Å². The van der Waals surface area contributed by atoms with Crippen LogP contribution in [-0.4, -0.2) is 20.7 Å². The fourth-order valence-electron chi connectivity index (χ4n) is 2.01. The molecule has 0 aromatic carbocycles. The van der Waals surface area contributed by atoms with E-state index in [1.165, 1.54) is 11.3 Å². The third kappa shape index (κ3) is 2.40. The second-order valence-electron chi connectivity index (χ2n) is 4.22. The van der Waals surface area contributed by atoms with Crippen molar-refractivity contribution in [3.05, 3.63) is 51.6 Å². The molecule has 0 bridgehead atoms. The van der Waals surface area contributed by atoms with Gasteiger partial charge in [-0.3, -0.25) is 10.0 Å². The number of hydrogen-bond donors (Lipinski definition) is 2. The Kier molecular flexibility index (Phi) is 3.43. The van der Waals surface area contributed by atoms with Crippen LogP contribution in [0.4, 0.5) is 0 Å². The molecule has 0 aliphatic heterocycles. The lowest BCUT2D eigenvalue weighted by atomic mass is 10.2. The summed E-state index contributed by atoms with van der Waals surface area (Å²) in [4.78, 5) is 16.5. The van der Waals surface area contributed by atoms with Crippen molar-refractivity contribution in [1.29, 1.82) is 0 Å². The number of amides is 1. The van der Waals surface area contributed by atoms with E-state index in [9.17, 15) is 4.79 Å². The van der Waals surface area contributed by atoms with E-state index in [0.29, 0.717) is 6.54 Å². The van der Waals surface area contributed by atoms with Gasteiger partial charge in [0, 0.05) is 16.5 Å². The zero-order chi connectivity index (χ0) is 14.1. The van der Waals surface area contributed by atoms with E-state index >= 15 is 0 Å². The van der Waals surface area contributed by atoms with Crippen LogP contribution in [0.25, 0.3) is 10.9 Å². The molecule has 3 heterocycles. The maximum atomic E-state index is 11.3. The summed E-state index contributed by atoms with van der Waals surface area (Å²) >= 11 is 7.45. The number of aromatic nitrogens is 2. The van der Waals surface area contributed by atoms with Crippen molar-refractivity contribution in [2.24, 2.45) is 0 Å². The predicted octanol–water partition coefficient (Wildman–Crippen LogP) is 2.92. The van der Waals surface area contributed by atoms with Crippen molar-refractivity contribution < 1.29 is 10.0 Å². The van der Waals surface area contributed by atoms with Gasteiger partial charge in [-0.05, 0) is 24.3 Å². The number of nitrogens with one attached hydrogen (secondary N) is 1. The van der Waals surface area contributed by atoms with Crippen LogP contribution in [-0.2, 0) is 6.54 Å². The number of carbonyl (C=O) groups excluding carboxylic acids is 1. The molecule has 0 saturated carbocycles. The Morgan fingerprint density at radius 1 is 1.45 bits per heavy atom. The van der Waals surface area contributed by atoms with Crippen molar-refractivity contribution in [2.75, 3.05) is 0 Å². The lowest BCUT2D eigenvalue weighted by Gasteiger charge is -2.04. The molecule has 0 aliphatic carbocycles. The summed E-state index contributed by atoms with van der Waals surface area (Å²) in [6.45, 7) is 0.702. The van der Waals surface area contributed by atoms with Crippen molar-refractivity contribution in [3.63, 3.8) is 0 Å². The van der Waals surface area contributed by atoms with Crippen LogP contribution < -0.4 is 5.48 Å².